The van der Waals surface area contributed by atoms with Crippen molar-refractivity contribution in [3.8, 4) is 16.3 Å². The van der Waals surface area contributed by atoms with Crippen molar-refractivity contribution in [1.29, 1.82) is 0 Å². The number of thiazole rings is 1. The van der Waals surface area contributed by atoms with Crippen molar-refractivity contribution < 1.29 is 9.53 Å². The number of nitrogens with two attached hydrogens (primary N) is 1. The molecular weight excluding hydrogens is 346 g/mol. The molecule has 6 heteroatoms. The summed E-state index contributed by atoms with van der Waals surface area (Å²) < 4.78 is 5.49. The standard InChI is InChI=1S/C20H27N3O2S/c1-4-25-16-10-8-15(9-11-16)19-22-14(3)18(26-19)20(24)23-12-6-5-7-17(23)13(2)21/h8-11,13,17H,4-7,12,21H2,1-3H3. The number of aryl methyl sites for hydroxylation is 1. The highest BCUT2D eigenvalue weighted by Gasteiger charge is 2.31. The third-order valence-electron chi connectivity index (χ3n) is 4.82. The van der Waals surface area contributed by atoms with E-state index in [1.54, 1.807) is 0 Å². The highest BCUT2D eigenvalue weighted by molar-refractivity contribution is 7.17. The minimum absolute atomic E-state index is 0.0157. The van der Waals surface area contributed by atoms with E-state index in [2.05, 4.69) is 4.98 Å². The summed E-state index contributed by atoms with van der Waals surface area (Å²) in [5.74, 6) is 0.910. The molecule has 2 aromatic rings. The number of amides is 1. The lowest BCUT2D eigenvalue weighted by molar-refractivity contribution is 0.0588. The van der Waals surface area contributed by atoms with Gasteiger partial charge in [0.1, 0.15) is 15.6 Å². The van der Waals surface area contributed by atoms with Crippen LogP contribution >= 0.6 is 11.3 Å². The van der Waals surface area contributed by atoms with Crippen molar-refractivity contribution in [2.45, 2.75) is 52.1 Å². The van der Waals surface area contributed by atoms with Gasteiger partial charge in [-0.1, -0.05) is 0 Å². The fraction of sp³-hybridized carbons (Fsp3) is 0.500. The number of benzene rings is 1. The Kier molecular flexibility index (Phi) is 5.94. The van der Waals surface area contributed by atoms with E-state index in [4.69, 9.17) is 10.5 Å². The molecule has 0 saturated carbocycles. The molecule has 2 atom stereocenters. The van der Waals surface area contributed by atoms with Crippen LogP contribution in [0.3, 0.4) is 0 Å². The van der Waals surface area contributed by atoms with Crippen LogP contribution < -0.4 is 10.5 Å². The van der Waals surface area contributed by atoms with Crippen molar-refractivity contribution in [1.82, 2.24) is 9.88 Å². The summed E-state index contributed by atoms with van der Waals surface area (Å²) in [5.41, 5.74) is 7.92. The van der Waals surface area contributed by atoms with Gasteiger partial charge in [0.25, 0.3) is 5.91 Å². The molecule has 1 saturated heterocycles. The summed E-state index contributed by atoms with van der Waals surface area (Å²) in [6.07, 6.45) is 3.15. The van der Waals surface area contributed by atoms with Crippen molar-refractivity contribution in [3.05, 3.63) is 34.8 Å². The van der Waals surface area contributed by atoms with Gasteiger partial charge in [-0.3, -0.25) is 4.79 Å². The van der Waals surface area contributed by atoms with Crippen LogP contribution in [0, 0.1) is 6.92 Å². The Morgan fingerprint density at radius 3 is 2.77 bits per heavy atom. The summed E-state index contributed by atoms with van der Waals surface area (Å²) in [6, 6.07) is 7.96. The third kappa shape index (κ3) is 3.91. The summed E-state index contributed by atoms with van der Waals surface area (Å²) in [5, 5.41) is 0.864. The molecule has 2 unspecified atom stereocenters. The molecule has 1 aromatic carbocycles. The smallest absolute Gasteiger partial charge is 0.266 e. The molecule has 1 aromatic heterocycles. The van der Waals surface area contributed by atoms with E-state index in [0.717, 1.165) is 52.7 Å². The Balaban J connectivity index is 1.84. The van der Waals surface area contributed by atoms with E-state index >= 15 is 0 Å². The number of hydrogen-bond donors (Lipinski definition) is 1. The quantitative estimate of drug-likeness (QED) is 0.864. The Morgan fingerprint density at radius 1 is 1.38 bits per heavy atom. The van der Waals surface area contributed by atoms with Gasteiger partial charge in [-0.25, -0.2) is 4.98 Å². The second-order valence-electron chi connectivity index (χ2n) is 6.81. The van der Waals surface area contributed by atoms with Gasteiger partial charge in [-0.2, -0.15) is 0 Å². The maximum atomic E-state index is 13.1. The van der Waals surface area contributed by atoms with Gasteiger partial charge in [0.2, 0.25) is 0 Å². The molecule has 0 radical (unpaired) electrons. The topological polar surface area (TPSA) is 68.5 Å². The van der Waals surface area contributed by atoms with Gasteiger partial charge in [-0.05, 0) is 64.3 Å². The van der Waals surface area contributed by atoms with E-state index in [-0.39, 0.29) is 18.0 Å². The summed E-state index contributed by atoms with van der Waals surface area (Å²) in [7, 11) is 0. The zero-order valence-electron chi connectivity index (χ0n) is 15.7. The third-order valence-corrected chi connectivity index (χ3v) is 6.01. The fourth-order valence-corrected chi connectivity index (χ4v) is 4.49. The van der Waals surface area contributed by atoms with E-state index in [1.807, 2.05) is 49.9 Å². The maximum Gasteiger partial charge on any atom is 0.266 e. The number of nitrogens with zero attached hydrogens (tertiary/aromatic N) is 2. The zero-order chi connectivity index (χ0) is 18.7. The number of aromatic nitrogens is 1. The largest absolute Gasteiger partial charge is 0.494 e. The second kappa shape index (κ2) is 8.18. The molecule has 1 aliphatic heterocycles. The minimum Gasteiger partial charge on any atom is -0.494 e. The molecule has 2 heterocycles. The van der Waals surface area contributed by atoms with Gasteiger partial charge in [0.05, 0.1) is 12.3 Å². The van der Waals surface area contributed by atoms with Crippen LogP contribution in [0.15, 0.2) is 24.3 Å². The molecule has 5 nitrogen and oxygen atoms in total. The molecular formula is C20H27N3O2S. The lowest BCUT2D eigenvalue weighted by Crippen LogP contribution is -2.51. The Morgan fingerprint density at radius 2 is 2.12 bits per heavy atom. The predicted octanol–water partition coefficient (Wildman–Crippen LogP) is 3.86. The Bertz CT molecular complexity index is 755. The fourth-order valence-electron chi connectivity index (χ4n) is 3.47. The maximum absolute atomic E-state index is 13.1. The summed E-state index contributed by atoms with van der Waals surface area (Å²) >= 11 is 1.46. The molecule has 2 N–H and O–H groups in total. The van der Waals surface area contributed by atoms with Gasteiger partial charge in [0.15, 0.2) is 0 Å². The average molecular weight is 374 g/mol. The molecule has 0 bridgehead atoms. The monoisotopic (exact) mass is 373 g/mol. The number of hydrogen-bond acceptors (Lipinski definition) is 5. The number of rotatable bonds is 5. The SMILES string of the molecule is CCOc1ccc(-c2nc(C)c(C(=O)N3CCCCC3C(C)N)s2)cc1. The van der Waals surface area contributed by atoms with E-state index < -0.39 is 0 Å². The highest BCUT2D eigenvalue weighted by atomic mass is 32.1. The second-order valence-corrected chi connectivity index (χ2v) is 7.81. The summed E-state index contributed by atoms with van der Waals surface area (Å²) in [4.78, 5) is 20.5. The van der Waals surface area contributed by atoms with Crippen LogP contribution in [0.25, 0.3) is 10.6 Å². The molecule has 140 valence electrons. The van der Waals surface area contributed by atoms with Crippen molar-refractivity contribution in [3.63, 3.8) is 0 Å². The molecule has 0 spiro atoms. The van der Waals surface area contributed by atoms with Gasteiger partial charge in [0, 0.05) is 24.2 Å². The van der Waals surface area contributed by atoms with E-state index in [9.17, 15) is 4.79 Å². The molecule has 0 aliphatic carbocycles. The molecule has 1 fully saturated rings. The first-order valence-corrected chi connectivity index (χ1v) is 10.1. The van der Waals surface area contributed by atoms with Crippen LogP contribution in [-0.4, -0.2) is 41.0 Å². The van der Waals surface area contributed by atoms with Gasteiger partial charge in [-0.15, -0.1) is 11.3 Å². The van der Waals surface area contributed by atoms with Crippen LogP contribution in [0.2, 0.25) is 0 Å². The normalized spacial score (nSPS) is 18.6. The number of carbonyl (C=O) groups is 1. The van der Waals surface area contributed by atoms with Crippen molar-refractivity contribution in [2.24, 2.45) is 5.73 Å². The summed E-state index contributed by atoms with van der Waals surface area (Å²) in [6.45, 7) is 7.28. The molecule has 3 rings (SSSR count). The molecule has 1 amide bonds. The number of likely N-dealkylation sites (tertiary alicyclic amines) is 1. The van der Waals surface area contributed by atoms with Gasteiger partial charge < -0.3 is 15.4 Å². The Labute approximate surface area is 159 Å². The first kappa shape index (κ1) is 18.9. The van der Waals surface area contributed by atoms with Crippen LogP contribution in [-0.2, 0) is 0 Å². The zero-order valence-corrected chi connectivity index (χ0v) is 16.5. The molecule has 1 aliphatic rings. The van der Waals surface area contributed by atoms with Crippen molar-refractivity contribution >= 4 is 17.2 Å². The van der Waals surface area contributed by atoms with Crippen LogP contribution in [0.4, 0.5) is 0 Å². The minimum atomic E-state index is -0.0157. The predicted molar refractivity (Wildman–Crippen MR) is 106 cm³/mol. The van der Waals surface area contributed by atoms with Crippen molar-refractivity contribution in [2.75, 3.05) is 13.2 Å². The number of carbonyl (C=O) groups excluding carboxylic acids is 1. The highest BCUT2D eigenvalue weighted by Crippen LogP contribution is 2.31. The lowest BCUT2D eigenvalue weighted by atomic mass is 9.96. The average Bonchev–Trinajstić information content (AvgIpc) is 3.03. The van der Waals surface area contributed by atoms with E-state index in [0.29, 0.717) is 6.61 Å². The van der Waals surface area contributed by atoms with E-state index in [1.165, 1.54) is 11.3 Å². The first-order chi connectivity index (χ1) is 12.5. The van der Waals surface area contributed by atoms with Crippen LogP contribution in [0.5, 0.6) is 5.75 Å². The van der Waals surface area contributed by atoms with Gasteiger partial charge >= 0.3 is 0 Å². The van der Waals surface area contributed by atoms with Crippen LogP contribution in [0.1, 0.15) is 48.5 Å². The number of piperidine rings is 1. The first-order valence-electron chi connectivity index (χ1n) is 9.28. The Hall–Kier alpha value is -1.92. The lowest BCUT2D eigenvalue weighted by Gasteiger charge is -2.37. The number of ether oxygens (including phenoxy) is 1. The molecule has 26 heavy (non-hydrogen) atoms.